The number of imide groups is 1. The number of nitrogens with zero attached hydrogens (tertiary/aromatic N) is 1. The van der Waals surface area contributed by atoms with Crippen LogP contribution in [0.2, 0.25) is 0 Å². The summed E-state index contributed by atoms with van der Waals surface area (Å²) in [6, 6.07) is 7.63. The van der Waals surface area contributed by atoms with Crippen molar-refractivity contribution in [1.29, 1.82) is 0 Å². The molecule has 0 unspecified atom stereocenters. The van der Waals surface area contributed by atoms with Gasteiger partial charge in [-0.05, 0) is 37.8 Å². The zero-order chi connectivity index (χ0) is 19.9. The molecule has 1 N–H and O–H groups in total. The summed E-state index contributed by atoms with van der Waals surface area (Å²) < 4.78 is 5.24. The predicted octanol–water partition coefficient (Wildman–Crippen LogP) is 2.40. The highest BCUT2D eigenvalue weighted by atomic mass is 16.5. The summed E-state index contributed by atoms with van der Waals surface area (Å²) in [5, 5.41) is 3.28. The second kappa shape index (κ2) is 7.08. The van der Waals surface area contributed by atoms with Crippen LogP contribution in [0.15, 0.2) is 24.3 Å². The maximum absolute atomic E-state index is 13.0. The van der Waals surface area contributed by atoms with Crippen molar-refractivity contribution in [3.63, 3.8) is 0 Å². The Bertz CT molecular complexity index is 758. The van der Waals surface area contributed by atoms with E-state index in [1.165, 1.54) is 10.5 Å². The minimum absolute atomic E-state index is 0.217. The number of esters is 1. The van der Waals surface area contributed by atoms with Crippen LogP contribution >= 0.6 is 0 Å². The molecule has 27 heavy (non-hydrogen) atoms. The maximum atomic E-state index is 13.0. The van der Waals surface area contributed by atoms with Crippen LogP contribution in [0, 0.1) is 11.8 Å². The molecule has 0 spiro atoms. The van der Waals surface area contributed by atoms with Gasteiger partial charge in [-0.15, -0.1) is 0 Å². The van der Waals surface area contributed by atoms with Crippen LogP contribution in [0.4, 0.5) is 0 Å². The number of carbonyl (C=O) groups is 3. The summed E-state index contributed by atoms with van der Waals surface area (Å²) >= 11 is 0. The van der Waals surface area contributed by atoms with Gasteiger partial charge in [0.2, 0.25) is 11.8 Å². The van der Waals surface area contributed by atoms with Gasteiger partial charge in [-0.25, -0.2) is 0 Å². The zero-order valence-corrected chi connectivity index (χ0v) is 16.6. The molecule has 2 saturated heterocycles. The van der Waals surface area contributed by atoms with Crippen molar-refractivity contribution in [3.8, 4) is 0 Å². The number of hydrogen-bond acceptors (Lipinski definition) is 5. The average Bonchev–Trinajstić information content (AvgIpc) is 3.09. The van der Waals surface area contributed by atoms with Crippen LogP contribution in [-0.2, 0) is 19.1 Å². The molecule has 2 aliphatic rings. The second-order valence-corrected chi connectivity index (χ2v) is 7.79. The number of carbonyl (C=O) groups excluding carboxylic acids is 3. The van der Waals surface area contributed by atoms with Gasteiger partial charge >= 0.3 is 5.97 Å². The number of benzene rings is 1. The standard InChI is InChI=1S/C21H28N2O4/c1-6-23-18(24)15-16(19(23)25)21(5,20(26)27-7-2)22-17(15)14-10-8-13(9-11-14)12(3)4/h8-12,15-17,22H,6-7H2,1-5H3/t15-,16-,17+,21+/m0/s1. The van der Waals surface area contributed by atoms with Gasteiger partial charge in [0.05, 0.1) is 18.4 Å². The molecule has 2 heterocycles. The lowest BCUT2D eigenvalue weighted by atomic mass is 9.80. The van der Waals surface area contributed by atoms with Crippen molar-refractivity contribution in [2.24, 2.45) is 11.8 Å². The molecule has 1 aromatic rings. The third-order valence-corrected chi connectivity index (χ3v) is 5.86. The fourth-order valence-electron chi connectivity index (χ4n) is 4.35. The van der Waals surface area contributed by atoms with Crippen molar-refractivity contribution in [2.45, 2.75) is 52.1 Å². The Hall–Kier alpha value is -2.21. The van der Waals surface area contributed by atoms with Crippen LogP contribution in [0.1, 0.15) is 57.7 Å². The summed E-state index contributed by atoms with van der Waals surface area (Å²) in [5.74, 6) is -1.95. The van der Waals surface area contributed by atoms with Gasteiger partial charge < -0.3 is 4.74 Å². The van der Waals surface area contributed by atoms with E-state index in [1.807, 2.05) is 24.3 Å². The summed E-state index contributed by atoms with van der Waals surface area (Å²) in [4.78, 5) is 39.9. The van der Waals surface area contributed by atoms with E-state index >= 15 is 0 Å². The Morgan fingerprint density at radius 2 is 1.81 bits per heavy atom. The molecule has 0 aromatic heterocycles. The van der Waals surface area contributed by atoms with E-state index in [1.54, 1.807) is 20.8 Å². The Morgan fingerprint density at radius 3 is 2.33 bits per heavy atom. The van der Waals surface area contributed by atoms with Crippen LogP contribution < -0.4 is 5.32 Å². The summed E-state index contributed by atoms with van der Waals surface area (Å²) in [7, 11) is 0. The molecule has 146 valence electrons. The largest absolute Gasteiger partial charge is 0.465 e. The molecule has 2 aliphatic heterocycles. The van der Waals surface area contributed by atoms with Gasteiger partial charge in [0.25, 0.3) is 0 Å². The minimum Gasteiger partial charge on any atom is -0.465 e. The first kappa shape index (κ1) is 19.5. The molecule has 0 bridgehead atoms. The molecule has 2 fully saturated rings. The normalized spacial score (nSPS) is 30.1. The lowest BCUT2D eigenvalue weighted by molar-refractivity contribution is -0.155. The molecule has 1 aromatic carbocycles. The van der Waals surface area contributed by atoms with E-state index in [2.05, 4.69) is 19.2 Å². The first-order valence-electron chi connectivity index (χ1n) is 9.66. The van der Waals surface area contributed by atoms with Gasteiger partial charge in [-0.3, -0.25) is 24.6 Å². The number of likely N-dealkylation sites (tertiary alicyclic amines) is 1. The number of ether oxygens (including phenoxy) is 1. The molecule has 3 rings (SSSR count). The van der Waals surface area contributed by atoms with Crippen molar-refractivity contribution in [1.82, 2.24) is 10.2 Å². The Kier molecular flexibility index (Phi) is 5.12. The summed E-state index contributed by atoms with van der Waals surface area (Å²) in [6.45, 7) is 9.96. The molecular weight excluding hydrogens is 344 g/mol. The first-order chi connectivity index (χ1) is 12.8. The number of amides is 2. The quantitative estimate of drug-likeness (QED) is 0.634. The van der Waals surface area contributed by atoms with Crippen LogP contribution in [0.25, 0.3) is 0 Å². The van der Waals surface area contributed by atoms with E-state index in [0.29, 0.717) is 12.5 Å². The van der Waals surface area contributed by atoms with E-state index < -0.39 is 29.4 Å². The third-order valence-electron chi connectivity index (χ3n) is 5.86. The van der Waals surface area contributed by atoms with E-state index in [4.69, 9.17) is 4.74 Å². The van der Waals surface area contributed by atoms with Gasteiger partial charge in [0.1, 0.15) is 5.54 Å². The molecule has 4 atom stereocenters. The number of fused-ring (bicyclic) bond motifs is 1. The van der Waals surface area contributed by atoms with Crippen molar-refractivity contribution < 1.29 is 19.1 Å². The molecule has 0 aliphatic carbocycles. The smallest absolute Gasteiger partial charge is 0.326 e. The van der Waals surface area contributed by atoms with E-state index in [9.17, 15) is 14.4 Å². The second-order valence-electron chi connectivity index (χ2n) is 7.79. The Labute approximate surface area is 160 Å². The van der Waals surface area contributed by atoms with Crippen LogP contribution in [0.5, 0.6) is 0 Å². The van der Waals surface area contributed by atoms with Gasteiger partial charge in [0.15, 0.2) is 0 Å². The van der Waals surface area contributed by atoms with Crippen LogP contribution in [-0.4, -0.2) is 41.4 Å². The fourth-order valence-corrected chi connectivity index (χ4v) is 4.35. The van der Waals surface area contributed by atoms with Crippen LogP contribution in [0.3, 0.4) is 0 Å². The first-order valence-corrected chi connectivity index (χ1v) is 9.66. The SMILES string of the molecule is CCOC(=O)[C@]1(C)N[C@H](c2ccc(C(C)C)cc2)[C@H]2C(=O)N(CC)C(=O)[C@H]21. The van der Waals surface area contributed by atoms with Gasteiger partial charge in [-0.1, -0.05) is 38.1 Å². The molecule has 2 amide bonds. The Balaban J connectivity index is 2.04. The molecule has 0 radical (unpaired) electrons. The predicted molar refractivity (Wildman–Crippen MR) is 101 cm³/mol. The van der Waals surface area contributed by atoms with Crippen molar-refractivity contribution in [2.75, 3.05) is 13.2 Å². The minimum atomic E-state index is -1.22. The van der Waals surface area contributed by atoms with Gasteiger partial charge in [-0.2, -0.15) is 0 Å². The average molecular weight is 372 g/mol. The maximum Gasteiger partial charge on any atom is 0.326 e. The topological polar surface area (TPSA) is 75.7 Å². The lowest BCUT2D eigenvalue weighted by Gasteiger charge is -2.29. The third kappa shape index (κ3) is 2.96. The zero-order valence-electron chi connectivity index (χ0n) is 16.6. The number of hydrogen-bond donors (Lipinski definition) is 1. The molecular formula is C21H28N2O4. The number of nitrogens with one attached hydrogen (secondary N) is 1. The highest BCUT2D eigenvalue weighted by Crippen LogP contribution is 2.49. The summed E-state index contributed by atoms with van der Waals surface area (Å²) in [5.41, 5.74) is 0.880. The van der Waals surface area contributed by atoms with E-state index in [-0.39, 0.29) is 18.4 Å². The molecule has 0 saturated carbocycles. The summed E-state index contributed by atoms with van der Waals surface area (Å²) in [6.07, 6.45) is 0. The lowest BCUT2D eigenvalue weighted by Crippen LogP contribution is -2.54. The Morgan fingerprint density at radius 1 is 1.19 bits per heavy atom. The van der Waals surface area contributed by atoms with Crippen molar-refractivity contribution in [3.05, 3.63) is 35.4 Å². The molecule has 6 nitrogen and oxygen atoms in total. The fraction of sp³-hybridized carbons (Fsp3) is 0.571. The number of rotatable bonds is 5. The monoisotopic (exact) mass is 372 g/mol. The van der Waals surface area contributed by atoms with E-state index in [0.717, 1.165) is 5.56 Å². The molecule has 6 heteroatoms. The van der Waals surface area contributed by atoms with Crippen molar-refractivity contribution >= 4 is 17.8 Å². The van der Waals surface area contributed by atoms with Gasteiger partial charge in [0, 0.05) is 12.6 Å². The highest BCUT2D eigenvalue weighted by molar-refractivity contribution is 6.09. The highest BCUT2D eigenvalue weighted by Gasteiger charge is 2.66.